The highest BCUT2D eigenvalue weighted by atomic mass is 16.1. The van der Waals surface area contributed by atoms with Crippen molar-refractivity contribution in [2.75, 3.05) is 6.54 Å². The molecule has 1 aliphatic rings. The van der Waals surface area contributed by atoms with Crippen molar-refractivity contribution >= 4 is 21.7 Å². The monoisotopic (exact) mass is 334 g/mol. The van der Waals surface area contributed by atoms with Crippen molar-refractivity contribution in [2.24, 2.45) is 0 Å². The number of benzene rings is 2. The molecule has 2 aromatic carbocycles. The number of nitrogens with one attached hydrogen (secondary N) is 1. The third-order valence-corrected chi connectivity index (χ3v) is 5.79. The lowest BCUT2D eigenvalue weighted by Crippen LogP contribution is -2.39. The summed E-state index contributed by atoms with van der Waals surface area (Å²) in [5.41, 5.74) is 3.10. The van der Waals surface area contributed by atoms with E-state index in [1.54, 1.807) is 0 Å². The van der Waals surface area contributed by atoms with Crippen LogP contribution in [-0.4, -0.2) is 22.5 Å². The summed E-state index contributed by atoms with van der Waals surface area (Å²) < 4.78 is 0. The molecule has 1 saturated heterocycles. The van der Waals surface area contributed by atoms with Gasteiger partial charge in [0.25, 0.3) is 0 Å². The summed E-state index contributed by atoms with van der Waals surface area (Å²) in [7, 11) is 0. The van der Waals surface area contributed by atoms with Gasteiger partial charge in [0, 0.05) is 34.6 Å². The molecule has 0 amide bonds. The van der Waals surface area contributed by atoms with Gasteiger partial charge in [-0.1, -0.05) is 43.7 Å². The highest BCUT2D eigenvalue weighted by molar-refractivity contribution is 6.05. The summed E-state index contributed by atoms with van der Waals surface area (Å²) in [5, 5.41) is 3.10. The van der Waals surface area contributed by atoms with Gasteiger partial charge in [-0.15, -0.1) is 0 Å². The summed E-state index contributed by atoms with van der Waals surface area (Å²) in [6.07, 6.45) is 4.97. The molecule has 1 fully saturated rings. The van der Waals surface area contributed by atoms with Crippen molar-refractivity contribution in [3.63, 3.8) is 0 Å². The molecule has 25 heavy (non-hydrogen) atoms. The topological polar surface area (TPSA) is 36.1 Å². The number of hydrogen-bond acceptors (Lipinski definition) is 2. The second kappa shape index (κ2) is 6.64. The largest absolute Gasteiger partial charge is 0.358 e. The van der Waals surface area contributed by atoms with Crippen LogP contribution in [0.3, 0.4) is 0 Å². The number of nitrogens with zero attached hydrogens (tertiary/aromatic N) is 1. The molecule has 3 nitrogen and oxygen atoms in total. The van der Waals surface area contributed by atoms with Gasteiger partial charge >= 0.3 is 0 Å². The Hall–Kier alpha value is -2.13. The second-order valence-corrected chi connectivity index (χ2v) is 7.30. The van der Waals surface area contributed by atoms with Gasteiger partial charge in [0.05, 0.1) is 5.52 Å². The number of hydrogen-bond donors (Lipinski definition) is 1. The summed E-state index contributed by atoms with van der Waals surface area (Å²) in [4.78, 5) is 19.3. The molecule has 2 heterocycles. The van der Waals surface area contributed by atoms with Crippen LogP contribution in [0.5, 0.6) is 0 Å². The van der Waals surface area contributed by atoms with Crippen molar-refractivity contribution in [1.29, 1.82) is 0 Å². The quantitative estimate of drug-likeness (QED) is 0.701. The number of aromatic nitrogens is 1. The van der Waals surface area contributed by atoms with Gasteiger partial charge in [0.2, 0.25) is 0 Å². The van der Waals surface area contributed by atoms with Crippen molar-refractivity contribution in [3.05, 3.63) is 57.9 Å². The van der Waals surface area contributed by atoms with Gasteiger partial charge in [-0.25, -0.2) is 0 Å². The van der Waals surface area contributed by atoms with E-state index in [1.807, 2.05) is 25.1 Å². The summed E-state index contributed by atoms with van der Waals surface area (Å²) >= 11 is 0. The Morgan fingerprint density at radius 3 is 2.80 bits per heavy atom. The predicted molar refractivity (Wildman–Crippen MR) is 105 cm³/mol. The summed E-state index contributed by atoms with van der Waals surface area (Å²) in [5.74, 6) is 0. The van der Waals surface area contributed by atoms with E-state index in [1.165, 1.54) is 24.6 Å². The normalized spacial score (nSPS) is 18.9. The molecule has 3 aromatic rings. The Bertz CT molecular complexity index is 973. The Kier molecular flexibility index (Phi) is 4.34. The number of fused-ring (bicyclic) bond motifs is 3. The fraction of sp³-hybridized carbons (Fsp3) is 0.409. The van der Waals surface area contributed by atoms with Crippen molar-refractivity contribution in [1.82, 2.24) is 9.88 Å². The van der Waals surface area contributed by atoms with E-state index in [9.17, 15) is 4.79 Å². The second-order valence-electron chi connectivity index (χ2n) is 7.30. The summed E-state index contributed by atoms with van der Waals surface area (Å²) in [6.45, 7) is 6.17. The zero-order valence-electron chi connectivity index (χ0n) is 15.1. The molecule has 4 rings (SSSR count). The number of rotatable bonds is 3. The lowest BCUT2D eigenvalue weighted by molar-refractivity contribution is 0.135. The van der Waals surface area contributed by atoms with Crippen molar-refractivity contribution in [2.45, 2.75) is 52.1 Å². The lowest BCUT2D eigenvalue weighted by atomic mass is 9.98. The molecule has 1 atom stereocenters. The maximum atomic E-state index is 13.2. The van der Waals surface area contributed by atoms with Crippen LogP contribution >= 0.6 is 0 Å². The van der Waals surface area contributed by atoms with E-state index in [0.717, 1.165) is 47.1 Å². The molecule has 0 aliphatic carbocycles. The fourth-order valence-electron chi connectivity index (χ4n) is 4.32. The Labute approximate surface area is 148 Å². The highest BCUT2D eigenvalue weighted by Gasteiger charge is 2.23. The number of pyridine rings is 1. The van der Waals surface area contributed by atoms with Crippen LogP contribution in [0.15, 0.2) is 41.2 Å². The summed E-state index contributed by atoms with van der Waals surface area (Å²) in [6, 6.07) is 12.9. The molecule has 0 spiro atoms. The first-order chi connectivity index (χ1) is 12.2. The SMILES string of the molecule is CCC1CCCCN1Cc1c(C)[nH]c2c(ccc3ccccc32)c1=O. The van der Waals surface area contributed by atoms with Gasteiger partial charge in [0.15, 0.2) is 5.43 Å². The van der Waals surface area contributed by atoms with E-state index in [2.05, 4.69) is 35.0 Å². The molecule has 1 aliphatic heterocycles. The predicted octanol–water partition coefficient (Wildman–Crippen LogP) is 4.75. The minimum Gasteiger partial charge on any atom is -0.358 e. The maximum Gasteiger partial charge on any atom is 0.194 e. The average molecular weight is 334 g/mol. The molecule has 1 N–H and O–H groups in total. The fourth-order valence-corrected chi connectivity index (χ4v) is 4.32. The van der Waals surface area contributed by atoms with Gasteiger partial charge in [0.1, 0.15) is 0 Å². The molecule has 3 heteroatoms. The smallest absolute Gasteiger partial charge is 0.194 e. The minimum absolute atomic E-state index is 0.192. The third kappa shape index (κ3) is 2.87. The first-order valence-electron chi connectivity index (χ1n) is 9.46. The van der Waals surface area contributed by atoms with E-state index < -0.39 is 0 Å². The van der Waals surface area contributed by atoms with Crippen LogP contribution in [0, 0.1) is 6.92 Å². The number of H-pyrrole nitrogens is 1. The van der Waals surface area contributed by atoms with Crippen LogP contribution in [0.1, 0.15) is 43.9 Å². The first kappa shape index (κ1) is 16.3. The van der Waals surface area contributed by atoms with Gasteiger partial charge in [-0.2, -0.15) is 0 Å². The van der Waals surface area contributed by atoms with E-state index in [4.69, 9.17) is 0 Å². The molecule has 0 bridgehead atoms. The van der Waals surface area contributed by atoms with Crippen molar-refractivity contribution < 1.29 is 0 Å². The van der Waals surface area contributed by atoms with E-state index in [0.29, 0.717) is 6.04 Å². The van der Waals surface area contributed by atoms with Crippen LogP contribution in [-0.2, 0) is 6.54 Å². The number of aryl methyl sites for hydroxylation is 1. The zero-order valence-corrected chi connectivity index (χ0v) is 15.1. The molecule has 0 radical (unpaired) electrons. The number of likely N-dealkylation sites (tertiary alicyclic amines) is 1. The van der Waals surface area contributed by atoms with Crippen LogP contribution in [0.4, 0.5) is 0 Å². The Morgan fingerprint density at radius 1 is 1.12 bits per heavy atom. The molecule has 130 valence electrons. The molecule has 1 unspecified atom stereocenters. The Balaban J connectivity index is 1.82. The van der Waals surface area contributed by atoms with Gasteiger partial charge < -0.3 is 4.98 Å². The molecule has 0 saturated carbocycles. The van der Waals surface area contributed by atoms with Crippen molar-refractivity contribution in [3.8, 4) is 0 Å². The maximum absolute atomic E-state index is 13.2. The standard InChI is InChI=1S/C22H26N2O/c1-3-17-9-6-7-13-24(17)14-20-15(2)23-21-18-10-5-4-8-16(18)11-12-19(21)22(20)25/h4-5,8,10-12,17H,3,6-7,9,13-14H2,1-2H3,(H,23,25). The lowest BCUT2D eigenvalue weighted by Gasteiger charge is -2.35. The molecule has 1 aromatic heterocycles. The zero-order chi connectivity index (χ0) is 17.4. The Morgan fingerprint density at radius 2 is 1.96 bits per heavy atom. The van der Waals surface area contributed by atoms with E-state index in [-0.39, 0.29) is 5.43 Å². The van der Waals surface area contributed by atoms with Gasteiger partial charge in [-0.05, 0) is 44.2 Å². The van der Waals surface area contributed by atoms with Crippen LogP contribution in [0.2, 0.25) is 0 Å². The molecular weight excluding hydrogens is 308 g/mol. The third-order valence-electron chi connectivity index (χ3n) is 5.79. The van der Waals surface area contributed by atoms with E-state index >= 15 is 0 Å². The van der Waals surface area contributed by atoms with Crippen LogP contribution < -0.4 is 5.43 Å². The first-order valence-corrected chi connectivity index (χ1v) is 9.46. The minimum atomic E-state index is 0.192. The average Bonchev–Trinajstić information content (AvgIpc) is 2.65. The number of piperidine rings is 1. The molecular formula is C22H26N2O. The number of aromatic amines is 1. The van der Waals surface area contributed by atoms with Crippen LogP contribution in [0.25, 0.3) is 21.7 Å². The van der Waals surface area contributed by atoms with Gasteiger partial charge in [-0.3, -0.25) is 9.69 Å². The highest BCUT2D eigenvalue weighted by Crippen LogP contribution is 2.25.